The van der Waals surface area contributed by atoms with Crippen molar-refractivity contribution >= 4 is 39.7 Å². The molecule has 2 aliphatic heterocycles. The molecule has 0 radical (unpaired) electrons. The third kappa shape index (κ3) is 4.77. The number of anilines is 2. The highest BCUT2D eigenvalue weighted by atomic mass is 19.4. The Labute approximate surface area is 199 Å². The van der Waals surface area contributed by atoms with Crippen LogP contribution in [0.5, 0.6) is 0 Å². The number of carbonyl (C=O) groups excluding carboxylic acids is 2. The minimum absolute atomic E-state index is 0.192. The van der Waals surface area contributed by atoms with E-state index in [1.54, 1.807) is 18.3 Å². The molecule has 180 valence electrons. The molecule has 6 nitrogen and oxygen atoms in total. The summed E-state index contributed by atoms with van der Waals surface area (Å²) in [5.41, 5.74) is 1.70. The summed E-state index contributed by atoms with van der Waals surface area (Å²) >= 11 is 0. The largest absolute Gasteiger partial charge is 0.416 e. The molecule has 0 bridgehead atoms. The third-order valence-corrected chi connectivity index (χ3v) is 6.42. The first-order valence-corrected chi connectivity index (χ1v) is 11.4. The van der Waals surface area contributed by atoms with Gasteiger partial charge in [0, 0.05) is 42.0 Å². The molecular weight excluding hydrogens is 457 g/mol. The average Bonchev–Trinajstić information content (AvgIpc) is 3.38. The lowest BCUT2D eigenvalue weighted by molar-refractivity contribution is -0.137. The number of aromatic nitrogens is 1. The van der Waals surface area contributed by atoms with Crippen LogP contribution in [0.1, 0.15) is 24.0 Å². The highest BCUT2D eigenvalue weighted by Gasteiger charge is 2.36. The molecule has 1 saturated heterocycles. The number of hydrogen-bond acceptors (Lipinski definition) is 4. The van der Waals surface area contributed by atoms with Crippen LogP contribution in [0.4, 0.5) is 24.5 Å². The van der Waals surface area contributed by atoms with E-state index in [-0.39, 0.29) is 24.1 Å². The van der Waals surface area contributed by atoms with Crippen LogP contribution < -0.4 is 15.5 Å². The van der Waals surface area contributed by atoms with Crippen molar-refractivity contribution in [2.24, 2.45) is 5.92 Å². The van der Waals surface area contributed by atoms with Gasteiger partial charge < -0.3 is 15.5 Å². The van der Waals surface area contributed by atoms with Crippen LogP contribution in [0.25, 0.3) is 16.5 Å². The van der Waals surface area contributed by atoms with Crippen LogP contribution in [0, 0.1) is 5.92 Å². The average molecular weight is 480 g/mol. The van der Waals surface area contributed by atoms with Crippen molar-refractivity contribution in [2.45, 2.75) is 19.0 Å². The van der Waals surface area contributed by atoms with E-state index in [2.05, 4.69) is 15.6 Å². The Morgan fingerprint density at radius 1 is 1.14 bits per heavy atom. The molecule has 0 saturated carbocycles. The van der Waals surface area contributed by atoms with Gasteiger partial charge in [-0.25, -0.2) is 0 Å². The third-order valence-electron chi connectivity index (χ3n) is 6.42. The Bertz CT molecular complexity index is 1330. The highest BCUT2D eigenvalue weighted by Crippen LogP contribution is 2.40. The van der Waals surface area contributed by atoms with E-state index in [1.807, 2.05) is 18.2 Å². The fraction of sp³-hybridized carbons (Fsp3) is 0.269. The molecule has 1 unspecified atom stereocenters. The Kier molecular flexibility index (Phi) is 6.02. The summed E-state index contributed by atoms with van der Waals surface area (Å²) < 4.78 is 40.4. The first kappa shape index (κ1) is 23.0. The second-order valence-electron chi connectivity index (χ2n) is 8.73. The van der Waals surface area contributed by atoms with Gasteiger partial charge in [0.05, 0.1) is 22.7 Å². The number of pyridine rings is 1. The molecule has 3 heterocycles. The Balaban J connectivity index is 1.45. The zero-order valence-electron chi connectivity index (χ0n) is 18.7. The van der Waals surface area contributed by atoms with Gasteiger partial charge in [-0.1, -0.05) is 18.2 Å². The molecule has 2 amide bonds. The van der Waals surface area contributed by atoms with E-state index >= 15 is 0 Å². The fourth-order valence-corrected chi connectivity index (χ4v) is 4.64. The summed E-state index contributed by atoms with van der Waals surface area (Å²) in [5, 5.41) is 6.86. The number of carbonyl (C=O) groups is 2. The molecule has 1 aromatic heterocycles. The maximum atomic E-state index is 13.5. The van der Waals surface area contributed by atoms with Crippen molar-refractivity contribution in [3.8, 4) is 0 Å². The normalized spacial score (nSPS) is 19.1. The van der Waals surface area contributed by atoms with Crippen molar-refractivity contribution in [3.05, 3.63) is 71.9 Å². The number of benzene rings is 2. The summed E-state index contributed by atoms with van der Waals surface area (Å²) in [6.07, 6.45) is -0.472. The molecule has 5 rings (SSSR count). The van der Waals surface area contributed by atoms with Crippen molar-refractivity contribution in [1.82, 2.24) is 10.3 Å². The van der Waals surface area contributed by atoms with Gasteiger partial charge in [-0.15, -0.1) is 0 Å². The van der Waals surface area contributed by atoms with Gasteiger partial charge in [-0.3, -0.25) is 14.6 Å². The molecule has 2 aliphatic rings. The number of amides is 2. The topological polar surface area (TPSA) is 74.3 Å². The van der Waals surface area contributed by atoms with Crippen LogP contribution in [0.3, 0.4) is 0 Å². The molecule has 9 heteroatoms. The number of nitrogens with zero attached hydrogens (tertiary/aromatic N) is 2. The van der Waals surface area contributed by atoms with Crippen LogP contribution in [0.2, 0.25) is 0 Å². The summed E-state index contributed by atoms with van der Waals surface area (Å²) in [6, 6.07) is 12.5. The smallest absolute Gasteiger partial charge is 0.322 e. The van der Waals surface area contributed by atoms with E-state index in [9.17, 15) is 22.8 Å². The molecule has 3 aromatic rings. The highest BCUT2D eigenvalue weighted by molar-refractivity contribution is 6.07. The molecule has 0 spiro atoms. The van der Waals surface area contributed by atoms with Gasteiger partial charge >= 0.3 is 6.18 Å². The van der Waals surface area contributed by atoms with Crippen LogP contribution >= 0.6 is 0 Å². The zero-order chi connectivity index (χ0) is 24.6. The second kappa shape index (κ2) is 9.14. The summed E-state index contributed by atoms with van der Waals surface area (Å²) in [4.78, 5) is 31.6. The zero-order valence-corrected chi connectivity index (χ0v) is 18.7. The predicted molar refractivity (Wildman–Crippen MR) is 128 cm³/mol. The van der Waals surface area contributed by atoms with Crippen molar-refractivity contribution < 1.29 is 22.8 Å². The SMILES string of the molecule is O=C(C=C1CCN(C(=O)C2CCNC2)c2cc(C(F)(F)F)ccc21)Nc1ccc2cccnc2c1. The Hall–Kier alpha value is -3.72. The number of hydrogen-bond donors (Lipinski definition) is 2. The summed E-state index contributed by atoms with van der Waals surface area (Å²) in [5.74, 6) is -0.864. The number of rotatable bonds is 3. The molecule has 1 atom stereocenters. The standard InChI is InChI=1S/C26H23F3N4O2/c27-26(28,29)19-4-6-21-17(8-11-33(23(21)13-19)25(35)18-7-10-30-15-18)12-24(34)32-20-5-3-16-2-1-9-31-22(16)14-20/h1-6,9,12-14,18,30H,7-8,10-11,15H2,(H,32,34). The van der Waals surface area contributed by atoms with Gasteiger partial charge in [0.1, 0.15) is 0 Å². The molecule has 35 heavy (non-hydrogen) atoms. The monoisotopic (exact) mass is 480 g/mol. The molecule has 2 aromatic carbocycles. The number of fused-ring (bicyclic) bond motifs is 2. The van der Waals surface area contributed by atoms with E-state index in [4.69, 9.17) is 0 Å². The summed E-state index contributed by atoms with van der Waals surface area (Å²) in [6.45, 7) is 1.42. The van der Waals surface area contributed by atoms with Crippen molar-refractivity contribution in [1.29, 1.82) is 0 Å². The summed E-state index contributed by atoms with van der Waals surface area (Å²) in [7, 11) is 0. The molecule has 1 fully saturated rings. The Morgan fingerprint density at radius 3 is 2.77 bits per heavy atom. The number of alkyl halides is 3. The fourth-order valence-electron chi connectivity index (χ4n) is 4.64. The Morgan fingerprint density at radius 2 is 2.00 bits per heavy atom. The van der Waals surface area contributed by atoms with Gasteiger partial charge in [0.15, 0.2) is 0 Å². The molecule has 0 aliphatic carbocycles. The van der Waals surface area contributed by atoms with Crippen LogP contribution in [0.15, 0.2) is 60.8 Å². The first-order chi connectivity index (χ1) is 16.8. The van der Waals surface area contributed by atoms with Crippen molar-refractivity contribution in [3.63, 3.8) is 0 Å². The van der Waals surface area contributed by atoms with E-state index in [0.717, 1.165) is 23.0 Å². The van der Waals surface area contributed by atoms with Gasteiger partial charge in [0.2, 0.25) is 11.8 Å². The van der Waals surface area contributed by atoms with Gasteiger partial charge in [-0.2, -0.15) is 13.2 Å². The van der Waals surface area contributed by atoms with Crippen LogP contribution in [-0.2, 0) is 15.8 Å². The van der Waals surface area contributed by atoms with E-state index < -0.39 is 17.6 Å². The predicted octanol–water partition coefficient (Wildman–Crippen LogP) is 4.62. The van der Waals surface area contributed by atoms with E-state index in [0.29, 0.717) is 42.8 Å². The number of halogens is 3. The lowest BCUT2D eigenvalue weighted by Gasteiger charge is -2.33. The molecule has 2 N–H and O–H groups in total. The first-order valence-electron chi connectivity index (χ1n) is 11.4. The minimum atomic E-state index is -4.54. The lowest BCUT2D eigenvalue weighted by atomic mass is 9.92. The van der Waals surface area contributed by atoms with E-state index in [1.165, 1.54) is 17.0 Å². The molecular formula is C26H23F3N4O2. The number of nitrogens with one attached hydrogen (secondary N) is 2. The van der Waals surface area contributed by atoms with Gasteiger partial charge in [-0.05, 0) is 55.3 Å². The minimum Gasteiger partial charge on any atom is -0.322 e. The van der Waals surface area contributed by atoms with Crippen molar-refractivity contribution in [2.75, 3.05) is 29.9 Å². The lowest BCUT2D eigenvalue weighted by Crippen LogP contribution is -2.40. The van der Waals surface area contributed by atoms with Crippen LogP contribution in [-0.4, -0.2) is 36.4 Å². The van der Waals surface area contributed by atoms with Gasteiger partial charge in [0.25, 0.3) is 0 Å². The maximum Gasteiger partial charge on any atom is 0.416 e. The quantitative estimate of drug-likeness (QED) is 0.537. The second-order valence-corrected chi connectivity index (χ2v) is 8.73. The maximum absolute atomic E-state index is 13.5.